The molecule has 0 aliphatic heterocycles. The van der Waals surface area contributed by atoms with E-state index in [1.165, 1.54) is 6.07 Å². The van der Waals surface area contributed by atoms with E-state index in [4.69, 9.17) is 22.1 Å². The van der Waals surface area contributed by atoms with E-state index in [0.717, 1.165) is 6.42 Å². The van der Waals surface area contributed by atoms with Gasteiger partial charge in [0, 0.05) is 5.69 Å². The first-order valence-electron chi connectivity index (χ1n) is 4.80. The van der Waals surface area contributed by atoms with Crippen LogP contribution in [0.2, 0.25) is 5.02 Å². The second kappa shape index (κ2) is 5.03. The molecule has 0 fully saturated rings. The number of rotatable bonds is 3. The van der Waals surface area contributed by atoms with Gasteiger partial charge in [0.1, 0.15) is 0 Å². The van der Waals surface area contributed by atoms with E-state index in [1.54, 1.807) is 12.1 Å². The lowest BCUT2D eigenvalue weighted by Gasteiger charge is -2.11. The number of benzene rings is 1. The quantitative estimate of drug-likeness (QED) is 0.638. The van der Waals surface area contributed by atoms with Gasteiger partial charge in [0.25, 0.3) is 0 Å². The fourth-order valence-corrected chi connectivity index (χ4v) is 1.22. The highest BCUT2D eigenvalue weighted by Crippen LogP contribution is 2.20. The van der Waals surface area contributed by atoms with Crippen LogP contribution in [0.3, 0.4) is 0 Å². The molecule has 0 heterocycles. The lowest BCUT2D eigenvalue weighted by Crippen LogP contribution is -2.14. The largest absolute Gasteiger partial charge is 0.459 e. The van der Waals surface area contributed by atoms with Gasteiger partial charge in [-0.1, -0.05) is 18.5 Å². The highest BCUT2D eigenvalue weighted by molar-refractivity contribution is 6.33. The molecule has 1 rings (SSSR count). The van der Waals surface area contributed by atoms with Crippen molar-refractivity contribution in [1.29, 1.82) is 0 Å². The molecule has 0 aliphatic carbocycles. The number of ether oxygens (including phenoxy) is 1. The van der Waals surface area contributed by atoms with Crippen LogP contribution in [0.25, 0.3) is 0 Å². The van der Waals surface area contributed by atoms with Crippen molar-refractivity contribution in [2.75, 3.05) is 5.73 Å². The molecule has 0 amide bonds. The SMILES string of the molecule is CCC(C)OC(=O)c1cc(N)ccc1Cl. The summed E-state index contributed by atoms with van der Waals surface area (Å²) in [6, 6.07) is 4.75. The number of hydrogen-bond acceptors (Lipinski definition) is 3. The number of nitrogen functional groups attached to an aromatic ring is 1. The summed E-state index contributed by atoms with van der Waals surface area (Å²) in [4.78, 5) is 11.6. The van der Waals surface area contributed by atoms with E-state index in [9.17, 15) is 4.79 Å². The van der Waals surface area contributed by atoms with Gasteiger partial charge in [-0.05, 0) is 31.5 Å². The molecule has 0 aliphatic rings. The summed E-state index contributed by atoms with van der Waals surface area (Å²) in [5.74, 6) is -0.429. The highest BCUT2D eigenvalue weighted by atomic mass is 35.5. The molecule has 0 bridgehead atoms. The van der Waals surface area contributed by atoms with Crippen LogP contribution in [-0.2, 0) is 4.74 Å². The minimum atomic E-state index is -0.429. The number of hydrogen-bond donors (Lipinski definition) is 1. The first kappa shape index (κ1) is 11.9. The maximum absolute atomic E-state index is 11.6. The maximum Gasteiger partial charge on any atom is 0.339 e. The van der Waals surface area contributed by atoms with Crippen molar-refractivity contribution in [1.82, 2.24) is 0 Å². The number of carbonyl (C=O) groups excluding carboxylic acids is 1. The van der Waals surface area contributed by atoms with Gasteiger partial charge in [-0.2, -0.15) is 0 Å². The molecule has 1 atom stereocenters. The zero-order chi connectivity index (χ0) is 11.4. The van der Waals surface area contributed by atoms with Crippen LogP contribution < -0.4 is 5.73 Å². The van der Waals surface area contributed by atoms with Crippen LogP contribution in [0.1, 0.15) is 30.6 Å². The zero-order valence-electron chi connectivity index (χ0n) is 8.79. The van der Waals surface area contributed by atoms with E-state index in [-0.39, 0.29) is 6.10 Å². The number of halogens is 1. The first-order valence-corrected chi connectivity index (χ1v) is 5.18. The van der Waals surface area contributed by atoms with Gasteiger partial charge in [0.05, 0.1) is 16.7 Å². The Hall–Kier alpha value is -1.22. The smallest absolute Gasteiger partial charge is 0.339 e. The van der Waals surface area contributed by atoms with Crippen molar-refractivity contribution in [3.05, 3.63) is 28.8 Å². The van der Waals surface area contributed by atoms with Crippen molar-refractivity contribution < 1.29 is 9.53 Å². The zero-order valence-corrected chi connectivity index (χ0v) is 9.54. The van der Waals surface area contributed by atoms with E-state index in [2.05, 4.69) is 0 Å². The van der Waals surface area contributed by atoms with Crippen molar-refractivity contribution in [3.8, 4) is 0 Å². The summed E-state index contributed by atoms with van der Waals surface area (Å²) < 4.78 is 5.14. The summed E-state index contributed by atoms with van der Waals surface area (Å²) in [7, 11) is 0. The molecule has 15 heavy (non-hydrogen) atoms. The molecule has 0 saturated carbocycles. The number of nitrogens with two attached hydrogens (primary N) is 1. The summed E-state index contributed by atoms with van der Waals surface area (Å²) in [5, 5.41) is 0.359. The van der Waals surface area contributed by atoms with Crippen LogP contribution in [0, 0.1) is 0 Å². The summed E-state index contributed by atoms with van der Waals surface area (Å²) >= 11 is 5.86. The lowest BCUT2D eigenvalue weighted by molar-refractivity contribution is 0.0335. The van der Waals surface area contributed by atoms with Crippen LogP contribution in [-0.4, -0.2) is 12.1 Å². The highest BCUT2D eigenvalue weighted by Gasteiger charge is 2.14. The molecular weight excluding hydrogens is 214 g/mol. The molecule has 4 heteroatoms. The second-order valence-electron chi connectivity index (χ2n) is 3.36. The van der Waals surface area contributed by atoms with Gasteiger partial charge < -0.3 is 10.5 Å². The Kier molecular flexibility index (Phi) is 3.97. The standard InChI is InChI=1S/C11H14ClNO2/c1-3-7(2)15-11(14)9-6-8(13)4-5-10(9)12/h4-7H,3,13H2,1-2H3. The van der Waals surface area contributed by atoms with Crippen LogP contribution in [0.5, 0.6) is 0 Å². The van der Waals surface area contributed by atoms with Crippen molar-refractivity contribution in [2.24, 2.45) is 0 Å². The maximum atomic E-state index is 11.6. The van der Waals surface area contributed by atoms with Gasteiger partial charge in [-0.3, -0.25) is 0 Å². The molecular formula is C11H14ClNO2. The van der Waals surface area contributed by atoms with Gasteiger partial charge in [0.2, 0.25) is 0 Å². The third-order valence-corrected chi connectivity index (χ3v) is 2.42. The fourth-order valence-electron chi connectivity index (χ4n) is 1.03. The Bertz CT molecular complexity index is 366. The fraction of sp³-hybridized carbons (Fsp3) is 0.364. The molecule has 82 valence electrons. The monoisotopic (exact) mass is 227 g/mol. The Morgan fingerprint density at radius 2 is 2.27 bits per heavy atom. The number of esters is 1. The Morgan fingerprint density at radius 3 is 2.87 bits per heavy atom. The van der Waals surface area contributed by atoms with E-state index in [0.29, 0.717) is 16.3 Å². The van der Waals surface area contributed by atoms with E-state index < -0.39 is 5.97 Å². The summed E-state index contributed by atoms with van der Waals surface area (Å²) in [6.07, 6.45) is 0.654. The molecule has 0 aromatic heterocycles. The van der Waals surface area contributed by atoms with E-state index >= 15 is 0 Å². The molecule has 0 radical (unpaired) electrons. The Balaban J connectivity index is 2.86. The number of carbonyl (C=O) groups is 1. The van der Waals surface area contributed by atoms with Crippen LogP contribution in [0.15, 0.2) is 18.2 Å². The normalized spacial score (nSPS) is 12.2. The Morgan fingerprint density at radius 1 is 1.60 bits per heavy atom. The van der Waals surface area contributed by atoms with Crippen LogP contribution in [0.4, 0.5) is 5.69 Å². The molecule has 2 N–H and O–H groups in total. The molecule has 1 aromatic rings. The third kappa shape index (κ3) is 3.13. The van der Waals surface area contributed by atoms with Gasteiger partial charge in [0.15, 0.2) is 0 Å². The molecule has 0 spiro atoms. The van der Waals surface area contributed by atoms with Crippen molar-refractivity contribution >= 4 is 23.3 Å². The predicted molar refractivity (Wildman–Crippen MR) is 61.0 cm³/mol. The molecule has 0 saturated heterocycles. The third-order valence-electron chi connectivity index (χ3n) is 2.09. The van der Waals surface area contributed by atoms with Crippen LogP contribution >= 0.6 is 11.6 Å². The van der Waals surface area contributed by atoms with Crippen molar-refractivity contribution in [3.63, 3.8) is 0 Å². The minimum Gasteiger partial charge on any atom is -0.459 e. The molecule has 1 aromatic carbocycles. The van der Waals surface area contributed by atoms with Gasteiger partial charge in [-0.25, -0.2) is 4.79 Å². The van der Waals surface area contributed by atoms with Gasteiger partial charge >= 0.3 is 5.97 Å². The average molecular weight is 228 g/mol. The predicted octanol–water partition coefficient (Wildman–Crippen LogP) is 2.88. The average Bonchev–Trinajstić information content (AvgIpc) is 2.21. The Labute approximate surface area is 94.2 Å². The topological polar surface area (TPSA) is 52.3 Å². The van der Waals surface area contributed by atoms with E-state index in [1.807, 2.05) is 13.8 Å². The molecule has 3 nitrogen and oxygen atoms in total. The van der Waals surface area contributed by atoms with Gasteiger partial charge in [-0.15, -0.1) is 0 Å². The second-order valence-corrected chi connectivity index (χ2v) is 3.77. The first-order chi connectivity index (χ1) is 7.04. The molecule has 1 unspecified atom stereocenters. The van der Waals surface area contributed by atoms with Crippen molar-refractivity contribution in [2.45, 2.75) is 26.4 Å². The number of anilines is 1. The summed E-state index contributed by atoms with van der Waals surface area (Å²) in [5.41, 5.74) is 6.37. The minimum absolute atomic E-state index is 0.116. The lowest BCUT2D eigenvalue weighted by atomic mass is 10.2. The summed E-state index contributed by atoms with van der Waals surface area (Å²) in [6.45, 7) is 3.77.